The molecule has 0 N–H and O–H groups in total. The zero-order valence-corrected chi connectivity index (χ0v) is 17.0. The molecular weight excluding hydrogens is 416 g/mol. The number of rotatable bonds is 4. The third kappa shape index (κ3) is 3.31. The predicted octanol–water partition coefficient (Wildman–Crippen LogP) is 5.09. The third-order valence-corrected chi connectivity index (χ3v) is 6.24. The first-order valence-electron chi connectivity index (χ1n) is 8.58. The Kier molecular flexibility index (Phi) is 4.86. The Morgan fingerprint density at radius 1 is 1.31 bits per heavy atom. The van der Waals surface area contributed by atoms with Gasteiger partial charge in [0.25, 0.3) is 5.91 Å². The number of anilines is 1. The van der Waals surface area contributed by atoms with Gasteiger partial charge in [-0.3, -0.25) is 9.69 Å². The van der Waals surface area contributed by atoms with Crippen molar-refractivity contribution in [3.63, 3.8) is 0 Å². The minimum absolute atomic E-state index is 0.0339. The van der Waals surface area contributed by atoms with Crippen molar-refractivity contribution in [2.24, 2.45) is 0 Å². The minimum atomic E-state index is -0.194. The highest BCUT2D eigenvalue weighted by Gasteiger charge is 2.29. The van der Waals surface area contributed by atoms with Crippen LogP contribution in [0.3, 0.4) is 0 Å². The van der Waals surface area contributed by atoms with E-state index in [2.05, 4.69) is 35.0 Å². The Morgan fingerprint density at radius 2 is 2.12 bits per heavy atom. The van der Waals surface area contributed by atoms with Gasteiger partial charge in [0.05, 0.1) is 22.9 Å². The summed E-state index contributed by atoms with van der Waals surface area (Å²) in [6.07, 6.45) is 2.01. The highest BCUT2D eigenvalue weighted by Crippen LogP contribution is 2.34. The molecule has 0 bridgehead atoms. The van der Waals surface area contributed by atoms with E-state index in [4.69, 9.17) is 14.1 Å². The van der Waals surface area contributed by atoms with E-state index in [1.807, 2.05) is 6.92 Å². The molecule has 0 radical (unpaired) electrons. The topological polar surface area (TPSA) is 55.6 Å². The van der Waals surface area contributed by atoms with Crippen LogP contribution in [0.4, 0.5) is 5.13 Å². The number of ether oxygens (including phenoxy) is 1. The molecule has 1 aliphatic rings. The van der Waals surface area contributed by atoms with Crippen LogP contribution in [0.1, 0.15) is 34.5 Å². The average Bonchev–Trinajstić information content (AvgIpc) is 3.35. The highest BCUT2D eigenvalue weighted by molar-refractivity contribution is 9.10. The molecule has 26 heavy (non-hydrogen) atoms. The first-order chi connectivity index (χ1) is 12.5. The molecule has 0 unspecified atom stereocenters. The maximum atomic E-state index is 13.1. The van der Waals surface area contributed by atoms with Crippen LogP contribution in [-0.4, -0.2) is 30.1 Å². The summed E-state index contributed by atoms with van der Waals surface area (Å²) < 4.78 is 12.9. The smallest absolute Gasteiger partial charge is 0.295 e. The number of fused-ring (bicyclic) bond motifs is 1. The van der Waals surface area contributed by atoms with Crippen LogP contribution in [0.15, 0.2) is 33.4 Å². The fraction of sp³-hybridized carbons (Fsp3) is 0.368. The Balaban J connectivity index is 1.75. The van der Waals surface area contributed by atoms with Crippen molar-refractivity contribution in [1.29, 1.82) is 0 Å². The largest absolute Gasteiger partial charge is 0.444 e. The van der Waals surface area contributed by atoms with Crippen LogP contribution in [-0.2, 0) is 4.74 Å². The SMILES string of the molecule is Cc1ccc(C)c2sc(N(C[C@H]3CCCO3)C(=O)c3ccc(Br)o3)nc12. The van der Waals surface area contributed by atoms with Gasteiger partial charge in [-0.2, -0.15) is 0 Å². The molecule has 4 rings (SSSR count). The van der Waals surface area contributed by atoms with Gasteiger partial charge >= 0.3 is 0 Å². The van der Waals surface area contributed by atoms with Crippen LogP contribution >= 0.6 is 27.3 Å². The van der Waals surface area contributed by atoms with Crippen LogP contribution in [0.5, 0.6) is 0 Å². The number of nitrogens with zero attached hydrogens (tertiary/aromatic N) is 2. The summed E-state index contributed by atoms with van der Waals surface area (Å²) in [6.45, 7) is 5.34. The number of amides is 1. The van der Waals surface area contributed by atoms with E-state index in [-0.39, 0.29) is 12.0 Å². The van der Waals surface area contributed by atoms with Crippen LogP contribution in [0.2, 0.25) is 0 Å². The van der Waals surface area contributed by atoms with Gasteiger partial charge in [0, 0.05) is 6.61 Å². The summed E-state index contributed by atoms with van der Waals surface area (Å²) in [7, 11) is 0. The Morgan fingerprint density at radius 3 is 2.77 bits per heavy atom. The Bertz CT molecular complexity index is 920. The predicted molar refractivity (Wildman–Crippen MR) is 106 cm³/mol. The number of benzene rings is 1. The number of carbonyl (C=O) groups excluding carboxylic acids is 1. The van der Waals surface area contributed by atoms with E-state index < -0.39 is 0 Å². The lowest BCUT2D eigenvalue weighted by Gasteiger charge is -2.22. The first kappa shape index (κ1) is 17.7. The second-order valence-electron chi connectivity index (χ2n) is 6.53. The molecule has 1 atom stereocenters. The minimum Gasteiger partial charge on any atom is -0.444 e. The summed E-state index contributed by atoms with van der Waals surface area (Å²) in [5, 5.41) is 0.686. The lowest BCUT2D eigenvalue weighted by molar-refractivity contribution is 0.0894. The highest BCUT2D eigenvalue weighted by atomic mass is 79.9. The van der Waals surface area contributed by atoms with E-state index in [0.717, 1.165) is 35.2 Å². The molecule has 7 heteroatoms. The standard InChI is InChI=1S/C19H19BrN2O3S/c1-11-5-6-12(2)17-16(11)21-19(26-17)22(10-13-4-3-9-24-13)18(23)14-7-8-15(20)25-14/h5-8,13H,3-4,9-10H2,1-2H3/t13-/m1/s1. The van der Waals surface area contributed by atoms with Crippen molar-refractivity contribution in [3.8, 4) is 0 Å². The molecule has 2 aromatic heterocycles. The third-order valence-electron chi connectivity index (χ3n) is 4.60. The second-order valence-corrected chi connectivity index (χ2v) is 8.29. The Hall–Kier alpha value is -1.70. The molecule has 1 fully saturated rings. The van der Waals surface area contributed by atoms with E-state index in [1.165, 1.54) is 5.56 Å². The van der Waals surface area contributed by atoms with Gasteiger partial charge in [0.1, 0.15) is 0 Å². The van der Waals surface area contributed by atoms with Crippen LogP contribution in [0, 0.1) is 13.8 Å². The second kappa shape index (κ2) is 7.13. The van der Waals surface area contributed by atoms with Crippen LogP contribution < -0.4 is 4.90 Å². The van der Waals surface area contributed by atoms with Gasteiger partial charge in [-0.25, -0.2) is 4.98 Å². The Labute approximate surface area is 164 Å². The maximum Gasteiger partial charge on any atom is 0.295 e. The number of furan rings is 1. The maximum absolute atomic E-state index is 13.1. The molecule has 1 aromatic carbocycles. The summed E-state index contributed by atoms with van der Waals surface area (Å²) in [5.41, 5.74) is 3.23. The van der Waals surface area contributed by atoms with Crippen LogP contribution in [0.25, 0.3) is 10.2 Å². The molecule has 1 amide bonds. The molecule has 3 aromatic rings. The zero-order chi connectivity index (χ0) is 18.3. The number of aryl methyl sites for hydroxylation is 2. The van der Waals surface area contributed by atoms with Gasteiger partial charge in [-0.1, -0.05) is 23.5 Å². The molecule has 1 saturated heterocycles. The average molecular weight is 435 g/mol. The van der Waals surface area contributed by atoms with Crippen molar-refractivity contribution < 1.29 is 13.9 Å². The van der Waals surface area contributed by atoms with E-state index >= 15 is 0 Å². The monoisotopic (exact) mass is 434 g/mol. The summed E-state index contributed by atoms with van der Waals surface area (Å²) in [6, 6.07) is 7.56. The molecule has 1 aliphatic heterocycles. The van der Waals surface area contributed by atoms with Crippen molar-refractivity contribution in [1.82, 2.24) is 4.98 Å². The van der Waals surface area contributed by atoms with Gasteiger partial charge in [0.15, 0.2) is 15.6 Å². The number of carbonyl (C=O) groups is 1. The van der Waals surface area contributed by atoms with Crippen molar-refractivity contribution in [2.75, 3.05) is 18.1 Å². The van der Waals surface area contributed by atoms with E-state index in [9.17, 15) is 4.79 Å². The quantitative estimate of drug-likeness (QED) is 0.573. The van der Waals surface area contributed by atoms with Gasteiger partial charge in [-0.15, -0.1) is 0 Å². The van der Waals surface area contributed by atoms with Crippen molar-refractivity contribution in [3.05, 3.63) is 45.8 Å². The number of aromatic nitrogens is 1. The summed E-state index contributed by atoms with van der Waals surface area (Å²) in [5.74, 6) is 0.100. The fourth-order valence-corrected chi connectivity index (χ4v) is 4.59. The lowest BCUT2D eigenvalue weighted by atomic mass is 10.1. The first-order valence-corrected chi connectivity index (χ1v) is 10.2. The molecule has 3 heterocycles. The molecule has 5 nitrogen and oxygen atoms in total. The summed E-state index contributed by atoms with van der Waals surface area (Å²) >= 11 is 4.81. The van der Waals surface area contributed by atoms with E-state index in [0.29, 0.717) is 22.1 Å². The molecule has 0 aliphatic carbocycles. The normalized spacial score (nSPS) is 17.1. The van der Waals surface area contributed by atoms with E-state index in [1.54, 1.807) is 28.4 Å². The molecular formula is C19H19BrN2O3S. The van der Waals surface area contributed by atoms with Crippen molar-refractivity contribution >= 4 is 48.5 Å². The van der Waals surface area contributed by atoms with Gasteiger partial charge in [0.2, 0.25) is 0 Å². The zero-order valence-electron chi connectivity index (χ0n) is 14.6. The number of halogens is 1. The van der Waals surface area contributed by atoms with Gasteiger partial charge < -0.3 is 9.15 Å². The van der Waals surface area contributed by atoms with Crippen molar-refractivity contribution in [2.45, 2.75) is 32.8 Å². The fourth-order valence-electron chi connectivity index (χ4n) is 3.17. The lowest BCUT2D eigenvalue weighted by Crippen LogP contribution is -2.37. The number of hydrogen-bond acceptors (Lipinski definition) is 5. The number of thiazole rings is 1. The van der Waals surface area contributed by atoms with Gasteiger partial charge in [-0.05, 0) is 65.9 Å². The molecule has 136 valence electrons. The number of hydrogen-bond donors (Lipinski definition) is 0. The molecule has 0 spiro atoms. The summed E-state index contributed by atoms with van der Waals surface area (Å²) in [4.78, 5) is 19.6. The molecule has 0 saturated carbocycles.